The first-order valence-corrected chi connectivity index (χ1v) is 8.17. The van der Waals surface area contributed by atoms with Crippen molar-refractivity contribution in [1.29, 1.82) is 0 Å². The quantitative estimate of drug-likeness (QED) is 0.887. The van der Waals surface area contributed by atoms with E-state index in [9.17, 15) is 9.59 Å². The van der Waals surface area contributed by atoms with Gasteiger partial charge in [-0.15, -0.1) is 0 Å². The maximum atomic E-state index is 12.5. The average molecular weight is 321 g/mol. The van der Waals surface area contributed by atoms with E-state index in [2.05, 4.69) is 9.97 Å². The van der Waals surface area contributed by atoms with Gasteiger partial charge in [0.25, 0.3) is 11.5 Å². The Morgan fingerprint density at radius 2 is 2.35 bits per heavy atom. The molecule has 2 aliphatic heterocycles. The maximum Gasteiger partial charge on any atom is 0.251 e. The fourth-order valence-electron chi connectivity index (χ4n) is 3.32. The number of likely N-dealkylation sites (tertiary alicyclic amines) is 1. The summed E-state index contributed by atoms with van der Waals surface area (Å²) < 4.78 is 10.6. The number of H-pyrrole nitrogens is 1. The highest BCUT2D eigenvalue weighted by molar-refractivity contribution is 5.81. The normalized spacial score (nSPS) is 24.8. The van der Waals surface area contributed by atoms with Crippen LogP contribution in [0.5, 0.6) is 0 Å². The number of aromatic amines is 1. The Labute approximate surface area is 135 Å². The maximum absolute atomic E-state index is 12.5. The molecule has 0 bridgehead atoms. The van der Waals surface area contributed by atoms with Crippen molar-refractivity contribution in [2.75, 3.05) is 26.8 Å². The van der Waals surface area contributed by atoms with Gasteiger partial charge in [0.2, 0.25) is 0 Å². The van der Waals surface area contributed by atoms with Crippen LogP contribution in [0.4, 0.5) is 0 Å². The SMILES string of the molecule is COCc1cc(=O)[nH]c(C2CCCN(C(=O)C3CCCO3)C2)n1. The summed E-state index contributed by atoms with van der Waals surface area (Å²) in [6, 6.07) is 1.45. The molecular formula is C16H23N3O4. The number of hydrogen-bond acceptors (Lipinski definition) is 5. The highest BCUT2D eigenvalue weighted by Gasteiger charge is 2.32. The number of nitrogens with one attached hydrogen (secondary N) is 1. The van der Waals surface area contributed by atoms with Crippen molar-refractivity contribution in [2.24, 2.45) is 0 Å². The third-order valence-corrected chi connectivity index (χ3v) is 4.43. The fraction of sp³-hybridized carbons (Fsp3) is 0.688. The van der Waals surface area contributed by atoms with Crippen molar-refractivity contribution in [3.05, 3.63) is 27.9 Å². The molecule has 0 aromatic carbocycles. The Balaban J connectivity index is 1.73. The summed E-state index contributed by atoms with van der Waals surface area (Å²) >= 11 is 0. The highest BCUT2D eigenvalue weighted by Crippen LogP contribution is 2.26. The van der Waals surface area contributed by atoms with E-state index in [1.165, 1.54) is 6.07 Å². The van der Waals surface area contributed by atoms with Crippen LogP contribution >= 0.6 is 0 Å². The fourth-order valence-corrected chi connectivity index (χ4v) is 3.32. The van der Waals surface area contributed by atoms with Crippen molar-refractivity contribution >= 4 is 5.91 Å². The summed E-state index contributed by atoms with van der Waals surface area (Å²) in [7, 11) is 1.57. The molecule has 1 amide bonds. The molecule has 0 aliphatic carbocycles. The second kappa shape index (κ2) is 7.23. The second-order valence-electron chi connectivity index (χ2n) is 6.18. The number of methoxy groups -OCH3 is 1. The van der Waals surface area contributed by atoms with E-state index in [4.69, 9.17) is 9.47 Å². The van der Waals surface area contributed by atoms with Crippen LogP contribution in [-0.2, 0) is 20.9 Å². The molecule has 0 radical (unpaired) electrons. The standard InChI is InChI=1S/C16H23N3O4/c1-22-10-12-8-14(20)18-15(17-12)11-4-2-6-19(9-11)16(21)13-5-3-7-23-13/h8,11,13H,2-7,9-10H2,1H3,(H,17,18,20). The lowest BCUT2D eigenvalue weighted by atomic mass is 9.96. The lowest BCUT2D eigenvalue weighted by Gasteiger charge is -2.33. The van der Waals surface area contributed by atoms with E-state index in [-0.39, 0.29) is 23.5 Å². The monoisotopic (exact) mass is 321 g/mol. The predicted molar refractivity (Wildman–Crippen MR) is 83.1 cm³/mol. The summed E-state index contributed by atoms with van der Waals surface area (Å²) in [5.74, 6) is 0.774. The average Bonchev–Trinajstić information content (AvgIpc) is 3.08. The Morgan fingerprint density at radius 3 is 3.09 bits per heavy atom. The number of nitrogens with zero attached hydrogens (tertiary/aromatic N) is 2. The molecule has 0 spiro atoms. The minimum atomic E-state index is -0.291. The van der Waals surface area contributed by atoms with Gasteiger partial charge in [-0.2, -0.15) is 0 Å². The molecule has 2 unspecified atom stereocenters. The number of hydrogen-bond donors (Lipinski definition) is 1. The zero-order valence-corrected chi connectivity index (χ0v) is 13.4. The van der Waals surface area contributed by atoms with Crippen LogP contribution in [0.2, 0.25) is 0 Å². The van der Waals surface area contributed by atoms with Gasteiger partial charge in [-0.1, -0.05) is 0 Å². The Hall–Kier alpha value is -1.73. The van der Waals surface area contributed by atoms with Crippen LogP contribution < -0.4 is 5.56 Å². The van der Waals surface area contributed by atoms with Crippen LogP contribution in [0, 0.1) is 0 Å². The zero-order chi connectivity index (χ0) is 16.2. The number of carbonyl (C=O) groups is 1. The van der Waals surface area contributed by atoms with Gasteiger partial charge in [-0.25, -0.2) is 4.98 Å². The minimum absolute atomic E-state index is 0.0543. The zero-order valence-electron chi connectivity index (χ0n) is 13.4. The molecule has 1 N–H and O–H groups in total. The van der Waals surface area contributed by atoms with Crippen LogP contribution in [0.15, 0.2) is 10.9 Å². The molecule has 7 heteroatoms. The Kier molecular flexibility index (Phi) is 5.07. The smallest absolute Gasteiger partial charge is 0.251 e. The highest BCUT2D eigenvalue weighted by atomic mass is 16.5. The third kappa shape index (κ3) is 3.79. The van der Waals surface area contributed by atoms with Gasteiger partial charge >= 0.3 is 0 Å². The molecule has 3 heterocycles. The first kappa shape index (κ1) is 16.1. The van der Waals surface area contributed by atoms with Gasteiger partial charge < -0.3 is 19.4 Å². The molecule has 2 saturated heterocycles. The van der Waals surface area contributed by atoms with E-state index < -0.39 is 0 Å². The van der Waals surface area contributed by atoms with Gasteiger partial charge in [0.1, 0.15) is 11.9 Å². The van der Waals surface area contributed by atoms with Crippen LogP contribution in [0.3, 0.4) is 0 Å². The lowest BCUT2D eigenvalue weighted by Crippen LogP contribution is -2.44. The van der Waals surface area contributed by atoms with Gasteiger partial charge in [-0.3, -0.25) is 9.59 Å². The van der Waals surface area contributed by atoms with Crippen molar-refractivity contribution in [3.63, 3.8) is 0 Å². The predicted octanol–water partition coefficient (Wildman–Crippen LogP) is 0.801. The van der Waals surface area contributed by atoms with Crippen LogP contribution in [0.25, 0.3) is 0 Å². The first-order valence-electron chi connectivity index (χ1n) is 8.17. The van der Waals surface area contributed by atoms with Gasteiger partial charge in [0.05, 0.1) is 12.3 Å². The number of ether oxygens (including phenoxy) is 2. The van der Waals surface area contributed by atoms with Crippen molar-refractivity contribution in [1.82, 2.24) is 14.9 Å². The molecule has 2 fully saturated rings. The van der Waals surface area contributed by atoms with E-state index in [0.29, 0.717) is 31.3 Å². The number of piperidine rings is 1. The van der Waals surface area contributed by atoms with E-state index >= 15 is 0 Å². The molecule has 7 nitrogen and oxygen atoms in total. The Bertz CT molecular complexity index is 610. The number of aromatic nitrogens is 2. The van der Waals surface area contributed by atoms with Crippen molar-refractivity contribution in [3.8, 4) is 0 Å². The summed E-state index contributed by atoms with van der Waals surface area (Å²) in [6.45, 7) is 2.30. The van der Waals surface area contributed by atoms with Gasteiger partial charge in [0, 0.05) is 38.8 Å². The van der Waals surface area contributed by atoms with Crippen molar-refractivity contribution < 1.29 is 14.3 Å². The summed E-state index contributed by atoms with van der Waals surface area (Å²) in [6.07, 6.45) is 3.27. The minimum Gasteiger partial charge on any atom is -0.378 e. The van der Waals surface area contributed by atoms with Crippen LogP contribution in [-0.4, -0.2) is 53.7 Å². The summed E-state index contributed by atoms with van der Waals surface area (Å²) in [5.41, 5.74) is 0.443. The second-order valence-corrected chi connectivity index (χ2v) is 6.18. The number of carbonyl (C=O) groups excluding carboxylic acids is 1. The molecule has 3 rings (SSSR count). The number of rotatable bonds is 4. The van der Waals surface area contributed by atoms with Gasteiger partial charge in [0.15, 0.2) is 0 Å². The molecule has 126 valence electrons. The third-order valence-electron chi connectivity index (χ3n) is 4.43. The van der Waals surface area contributed by atoms with E-state index in [1.807, 2.05) is 4.90 Å². The molecule has 0 saturated carbocycles. The topological polar surface area (TPSA) is 84.5 Å². The lowest BCUT2D eigenvalue weighted by molar-refractivity contribution is -0.142. The molecule has 2 atom stereocenters. The van der Waals surface area contributed by atoms with Crippen molar-refractivity contribution in [2.45, 2.75) is 44.3 Å². The summed E-state index contributed by atoms with van der Waals surface area (Å²) in [4.78, 5) is 33.5. The first-order chi connectivity index (χ1) is 11.2. The Morgan fingerprint density at radius 1 is 1.48 bits per heavy atom. The molecule has 2 aliphatic rings. The van der Waals surface area contributed by atoms with E-state index in [1.54, 1.807) is 7.11 Å². The molecule has 1 aromatic heterocycles. The van der Waals surface area contributed by atoms with E-state index in [0.717, 1.165) is 32.2 Å². The van der Waals surface area contributed by atoms with Gasteiger partial charge in [-0.05, 0) is 25.7 Å². The molecule has 23 heavy (non-hydrogen) atoms. The number of amides is 1. The molecule has 1 aromatic rings. The largest absolute Gasteiger partial charge is 0.378 e. The summed E-state index contributed by atoms with van der Waals surface area (Å²) in [5, 5.41) is 0. The molecular weight excluding hydrogens is 298 g/mol. The van der Waals surface area contributed by atoms with Crippen LogP contribution in [0.1, 0.15) is 43.1 Å².